The molecule has 3 rings (SSSR count). The summed E-state index contributed by atoms with van der Waals surface area (Å²) in [4.78, 5) is 32.0. The van der Waals surface area contributed by atoms with E-state index >= 15 is 0 Å². The summed E-state index contributed by atoms with van der Waals surface area (Å²) < 4.78 is 0. The summed E-state index contributed by atoms with van der Waals surface area (Å²) in [5, 5.41) is 9.03. The van der Waals surface area contributed by atoms with Crippen molar-refractivity contribution in [3.63, 3.8) is 0 Å². The highest BCUT2D eigenvalue weighted by atomic mass is 16.2. The molecule has 1 saturated heterocycles. The normalized spacial score (nSPS) is 17.9. The molecule has 122 valence electrons. The molecule has 2 aromatic heterocycles. The van der Waals surface area contributed by atoms with E-state index in [0.29, 0.717) is 18.8 Å². The lowest BCUT2D eigenvalue weighted by atomic mass is 9.97. The van der Waals surface area contributed by atoms with Crippen LogP contribution in [0.2, 0.25) is 0 Å². The van der Waals surface area contributed by atoms with E-state index in [0.717, 1.165) is 31.4 Å². The van der Waals surface area contributed by atoms with E-state index < -0.39 is 0 Å². The van der Waals surface area contributed by atoms with E-state index in [1.54, 1.807) is 6.20 Å². The number of aromatic nitrogens is 4. The number of likely N-dealkylation sites (tertiary alicyclic amines) is 1. The van der Waals surface area contributed by atoms with Crippen molar-refractivity contribution in [2.24, 2.45) is 0 Å². The molecule has 0 aliphatic carbocycles. The Morgan fingerprint density at radius 2 is 2.35 bits per heavy atom. The first-order chi connectivity index (χ1) is 11.2. The molecule has 3 heterocycles. The third-order valence-electron chi connectivity index (χ3n) is 4.02. The second-order valence-electron chi connectivity index (χ2n) is 5.60. The van der Waals surface area contributed by atoms with Crippen LogP contribution in [0.4, 0.5) is 4.79 Å². The minimum Gasteiger partial charge on any atom is -0.338 e. The minimum atomic E-state index is -0.334. The fourth-order valence-electron chi connectivity index (χ4n) is 2.91. The fourth-order valence-corrected chi connectivity index (χ4v) is 2.91. The number of piperidine rings is 1. The number of aromatic amines is 2. The van der Waals surface area contributed by atoms with Crippen LogP contribution in [0.3, 0.4) is 0 Å². The highest BCUT2D eigenvalue weighted by Gasteiger charge is 2.27. The van der Waals surface area contributed by atoms with Gasteiger partial charge in [-0.25, -0.2) is 14.7 Å². The van der Waals surface area contributed by atoms with Crippen LogP contribution >= 0.6 is 0 Å². The lowest BCUT2D eigenvalue weighted by Crippen LogP contribution is -2.45. The zero-order valence-electron chi connectivity index (χ0n) is 12.8. The Morgan fingerprint density at radius 1 is 1.43 bits per heavy atom. The molecule has 0 saturated carbocycles. The summed E-state index contributed by atoms with van der Waals surface area (Å²) in [5.74, 6) is 0.540. The first kappa shape index (κ1) is 15.3. The van der Waals surface area contributed by atoms with Gasteiger partial charge in [-0.2, -0.15) is 5.10 Å². The van der Waals surface area contributed by atoms with E-state index in [1.807, 2.05) is 23.2 Å². The van der Waals surface area contributed by atoms with Crippen LogP contribution in [-0.4, -0.2) is 44.2 Å². The number of rotatable bonds is 4. The molecule has 0 aromatic carbocycles. The largest absolute Gasteiger partial charge is 0.340 e. The predicted molar refractivity (Wildman–Crippen MR) is 83.8 cm³/mol. The molecule has 23 heavy (non-hydrogen) atoms. The molecule has 0 spiro atoms. The van der Waals surface area contributed by atoms with Gasteiger partial charge in [-0.3, -0.25) is 9.97 Å². The van der Waals surface area contributed by atoms with Crippen LogP contribution in [0.15, 0.2) is 29.3 Å². The molecule has 0 radical (unpaired) electrons. The van der Waals surface area contributed by atoms with E-state index in [1.165, 1.54) is 0 Å². The molecule has 8 heteroatoms. The minimum absolute atomic E-state index is 0.0719. The Kier molecular flexibility index (Phi) is 4.70. The van der Waals surface area contributed by atoms with Gasteiger partial charge in [0.05, 0.1) is 6.04 Å². The van der Waals surface area contributed by atoms with Crippen molar-refractivity contribution in [3.8, 4) is 0 Å². The zero-order chi connectivity index (χ0) is 16.1. The number of amides is 2. The maximum absolute atomic E-state index is 12.5. The Morgan fingerprint density at radius 3 is 3.09 bits per heavy atom. The summed E-state index contributed by atoms with van der Waals surface area (Å²) >= 11 is 0. The first-order valence-corrected chi connectivity index (χ1v) is 7.82. The fraction of sp³-hybridized carbons (Fsp3) is 0.467. The van der Waals surface area contributed by atoms with Gasteiger partial charge in [0.15, 0.2) is 0 Å². The lowest BCUT2D eigenvalue weighted by molar-refractivity contribution is 0.151. The van der Waals surface area contributed by atoms with Crippen LogP contribution in [0.5, 0.6) is 0 Å². The Bertz CT molecular complexity index is 695. The number of nitrogens with zero attached hydrogens (tertiary/aromatic N) is 3. The summed E-state index contributed by atoms with van der Waals surface area (Å²) in [5.41, 5.74) is 0.734. The molecule has 1 atom stereocenters. The summed E-state index contributed by atoms with van der Waals surface area (Å²) in [7, 11) is 0. The quantitative estimate of drug-likeness (QED) is 0.781. The summed E-state index contributed by atoms with van der Waals surface area (Å²) in [6.45, 7) is 1.17. The number of H-pyrrole nitrogens is 2. The van der Waals surface area contributed by atoms with Crippen LogP contribution in [0.25, 0.3) is 0 Å². The molecule has 0 bridgehead atoms. The standard InChI is InChI=1S/C15H20N6O2/c22-14-18-13(19-20-14)6-8-17-15(23)21-9-2-1-5-12(21)11-4-3-7-16-10-11/h3-4,7,10,12H,1-2,5-6,8-9H2,(H,17,23)(H2,18,19,20,22)/t12-/m1/s1. The molecule has 2 aromatic rings. The third-order valence-corrected chi connectivity index (χ3v) is 4.02. The van der Waals surface area contributed by atoms with Gasteiger partial charge in [0, 0.05) is 31.9 Å². The molecule has 2 amide bonds. The number of hydrogen-bond acceptors (Lipinski definition) is 4. The number of hydrogen-bond donors (Lipinski definition) is 3. The van der Waals surface area contributed by atoms with Crippen LogP contribution in [0, 0.1) is 0 Å². The Hall–Kier alpha value is -2.64. The SMILES string of the molecule is O=C(NCCc1n[nH]c(=O)[nH]1)N1CCCC[C@@H]1c1cccnc1. The zero-order valence-corrected chi connectivity index (χ0v) is 12.8. The van der Waals surface area contributed by atoms with Crippen LogP contribution in [-0.2, 0) is 6.42 Å². The van der Waals surface area contributed by atoms with Gasteiger partial charge < -0.3 is 10.2 Å². The Balaban J connectivity index is 1.59. The van der Waals surface area contributed by atoms with Crippen molar-refractivity contribution < 1.29 is 4.79 Å². The van der Waals surface area contributed by atoms with Crippen molar-refractivity contribution >= 4 is 6.03 Å². The second kappa shape index (κ2) is 7.08. The predicted octanol–water partition coefficient (Wildman–Crippen LogP) is 0.972. The highest BCUT2D eigenvalue weighted by molar-refractivity contribution is 5.74. The van der Waals surface area contributed by atoms with Gasteiger partial charge in [-0.05, 0) is 30.9 Å². The van der Waals surface area contributed by atoms with Crippen molar-refractivity contribution in [2.75, 3.05) is 13.1 Å². The molecular formula is C15H20N6O2. The number of nitrogens with one attached hydrogen (secondary N) is 3. The van der Waals surface area contributed by atoms with E-state index in [4.69, 9.17) is 0 Å². The number of pyridine rings is 1. The van der Waals surface area contributed by atoms with Gasteiger partial charge in [-0.15, -0.1) is 0 Å². The molecule has 8 nitrogen and oxygen atoms in total. The molecule has 1 aliphatic rings. The lowest BCUT2D eigenvalue weighted by Gasteiger charge is -2.35. The molecule has 1 aliphatic heterocycles. The maximum Gasteiger partial charge on any atom is 0.340 e. The molecule has 3 N–H and O–H groups in total. The highest BCUT2D eigenvalue weighted by Crippen LogP contribution is 2.30. The average molecular weight is 316 g/mol. The van der Waals surface area contributed by atoms with Crippen LogP contribution < -0.4 is 11.0 Å². The van der Waals surface area contributed by atoms with Gasteiger partial charge in [0.1, 0.15) is 5.82 Å². The van der Waals surface area contributed by atoms with Crippen molar-refractivity contribution in [3.05, 3.63) is 46.4 Å². The van der Waals surface area contributed by atoms with E-state index in [-0.39, 0.29) is 17.8 Å². The molecular weight excluding hydrogens is 296 g/mol. The van der Waals surface area contributed by atoms with Crippen molar-refractivity contribution in [1.29, 1.82) is 0 Å². The first-order valence-electron chi connectivity index (χ1n) is 7.82. The molecule has 0 unspecified atom stereocenters. The topological polar surface area (TPSA) is 107 Å². The average Bonchev–Trinajstić information content (AvgIpc) is 3.01. The summed E-state index contributed by atoms with van der Waals surface area (Å²) in [6, 6.07) is 3.89. The number of carbonyl (C=O) groups excluding carboxylic acids is 1. The molecule has 1 fully saturated rings. The maximum atomic E-state index is 12.5. The van der Waals surface area contributed by atoms with Gasteiger partial charge in [0.25, 0.3) is 0 Å². The second-order valence-corrected chi connectivity index (χ2v) is 5.60. The van der Waals surface area contributed by atoms with Gasteiger partial charge >= 0.3 is 11.7 Å². The van der Waals surface area contributed by atoms with Crippen molar-refractivity contribution in [2.45, 2.75) is 31.7 Å². The van der Waals surface area contributed by atoms with Gasteiger partial charge in [0.2, 0.25) is 0 Å². The number of urea groups is 1. The smallest absolute Gasteiger partial charge is 0.338 e. The number of carbonyl (C=O) groups is 1. The van der Waals surface area contributed by atoms with E-state index in [9.17, 15) is 9.59 Å². The Labute approximate surface area is 133 Å². The van der Waals surface area contributed by atoms with Crippen molar-refractivity contribution in [1.82, 2.24) is 30.4 Å². The summed E-state index contributed by atoms with van der Waals surface area (Å²) in [6.07, 6.45) is 7.11. The van der Waals surface area contributed by atoms with Gasteiger partial charge in [-0.1, -0.05) is 6.07 Å². The van der Waals surface area contributed by atoms with Crippen LogP contribution in [0.1, 0.15) is 36.7 Å². The monoisotopic (exact) mass is 316 g/mol. The third kappa shape index (κ3) is 3.77. The van der Waals surface area contributed by atoms with E-state index in [2.05, 4.69) is 25.5 Å².